The number of hydrogen-bond donors (Lipinski definition) is 1. The second-order valence-electron chi connectivity index (χ2n) is 9.53. The highest BCUT2D eigenvalue weighted by molar-refractivity contribution is 8.13. The van der Waals surface area contributed by atoms with Gasteiger partial charge in [0.05, 0.1) is 23.7 Å². The number of nitrogens with zero attached hydrogens (tertiary/aromatic N) is 5. The van der Waals surface area contributed by atoms with E-state index in [-0.39, 0.29) is 17.8 Å². The molecule has 1 heterocycles. The van der Waals surface area contributed by atoms with E-state index < -0.39 is 12.5 Å². The minimum atomic E-state index is -4.76. The molecule has 0 saturated heterocycles. The van der Waals surface area contributed by atoms with Crippen LogP contribution < -0.4 is 10.2 Å². The van der Waals surface area contributed by atoms with Crippen molar-refractivity contribution in [2.75, 3.05) is 5.94 Å². The van der Waals surface area contributed by atoms with E-state index in [2.05, 4.69) is 25.3 Å². The molecule has 0 unspecified atom stereocenters. The van der Waals surface area contributed by atoms with Crippen LogP contribution >= 0.6 is 11.8 Å². The zero-order valence-electron chi connectivity index (χ0n) is 24.2. The molecule has 0 saturated carbocycles. The predicted octanol–water partition coefficient (Wildman–Crippen LogP) is 7.31. The van der Waals surface area contributed by atoms with Gasteiger partial charge in [-0.1, -0.05) is 42.5 Å². The van der Waals surface area contributed by atoms with Gasteiger partial charge >= 0.3 is 12.5 Å². The van der Waals surface area contributed by atoms with Crippen LogP contribution in [0.1, 0.15) is 30.5 Å². The van der Waals surface area contributed by atoms with Gasteiger partial charge in [-0.05, 0) is 80.4 Å². The van der Waals surface area contributed by atoms with E-state index >= 15 is 0 Å². The minimum absolute atomic E-state index is 0.0301. The zero-order chi connectivity index (χ0) is 31.7. The summed E-state index contributed by atoms with van der Waals surface area (Å²) >= 11 is 1.15. The van der Waals surface area contributed by atoms with E-state index in [0.29, 0.717) is 16.7 Å². The first-order valence-electron chi connectivity index (χ1n) is 13.3. The molecule has 44 heavy (non-hydrogen) atoms. The van der Waals surface area contributed by atoms with Gasteiger partial charge in [0.2, 0.25) is 0 Å². The van der Waals surface area contributed by atoms with Crippen LogP contribution in [0.3, 0.4) is 0 Å². The Morgan fingerprint density at radius 1 is 1.05 bits per heavy atom. The van der Waals surface area contributed by atoms with Gasteiger partial charge in [0.15, 0.2) is 11.0 Å². The normalized spacial score (nSPS) is 12.0. The van der Waals surface area contributed by atoms with E-state index in [0.717, 1.165) is 39.7 Å². The fourth-order valence-corrected chi connectivity index (χ4v) is 4.27. The first-order valence-corrected chi connectivity index (χ1v) is 14.2. The maximum Gasteiger partial charge on any atom is 0.573 e. The summed E-state index contributed by atoms with van der Waals surface area (Å²) in [5, 5.41) is 9.14. The molecule has 0 atom stereocenters. The summed E-state index contributed by atoms with van der Waals surface area (Å²) in [5.41, 5.74) is 7.68. The molecule has 230 valence electrons. The molecule has 0 bridgehead atoms. The molecule has 0 amide bonds. The van der Waals surface area contributed by atoms with Crippen molar-refractivity contribution in [2.45, 2.75) is 40.2 Å². The molecule has 0 radical (unpaired) electrons. The van der Waals surface area contributed by atoms with Gasteiger partial charge in [-0.3, -0.25) is 5.43 Å². The average molecular weight is 627 g/mol. The highest BCUT2D eigenvalue weighted by Crippen LogP contribution is 2.25. The van der Waals surface area contributed by atoms with Crippen molar-refractivity contribution in [1.29, 1.82) is 0 Å². The molecule has 14 heteroatoms. The van der Waals surface area contributed by atoms with Gasteiger partial charge in [-0.15, -0.1) is 18.3 Å². The number of benzene rings is 3. The number of hydrazone groups is 1. The lowest BCUT2D eigenvalue weighted by Gasteiger charge is -2.10. The third-order valence-corrected chi connectivity index (χ3v) is 6.42. The van der Waals surface area contributed by atoms with Gasteiger partial charge in [0, 0.05) is 5.56 Å². The Labute approximate surface area is 256 Å². The van der Waals surface area contributed by atoms with Crippen molar-refractivity contribution in [3.8, 4) is 22.8 Å². The van der Waals surface area contributed by atoms with Crippen LogP contribution in [0, 0.1) is 13.8 Å². The van der Waals surface area contributed by atoms with E-state index in [9.17, 15) is 18.0 Å². The Hall–Kier alpha value is -4.85. The van der Waals surface area contributed by atoms with Crippen LogP contribution in [0.2, 0.25) is 0 Å². The van der Waals surface area contributed by atoms with Crippen molar-refractivity contribution < 1.29 is 32.2 Å². The lowest BCUT2D eigenvalue weighted by Crippen LogP contribution is -2.17. The number of thioether (sulfide) groups is 1. The molecule has 0 fully saturated rings. The summed E-state index contributed by atoms with van der Waals surface area (Å²) in [7, 11) is 0. The first-order chi connectivity index (χ1) is 21.0. The summed E-state index contributed by atoms with van der Waals surface area (Å²) in [6.45, 7) is 7.38. The molecule has 0 aliphatic rings. The lowest BCUT2D eigenvalue weighted by molar-refractivity contribution is -0.274. The number of carbonyl (C=O) groups excluding carboxylic acids is 1. The summed E-state index contributed by atoms with van der Waals surface area (Å²) in [6.07, 6.45) is -2.75. The first kappa shape index (κ1) is 32.1. The summed E-state index contributed by atoms with van der Waals surface area (Å²) in [5.74, 6) is 0.0745. The second-order valence-corrected chi connectivity index (χ2v) is 10.4. The molecule has 1 aromatic heterocycles. The number of carbonyl (C=O) groups is 1. The van der Waals surface area contributed by atoms with Crippen LogP contribution in [0.4, 0.5) is 23.7 Å². The molecule has 4 aromatic rings. The topological polar surface area (TPSA) is 112 Å². The fourth-order valence-electron chi connectivity index (χ4n) is 3.73. The van der Waals surface area contributed by atoms with Crippen molar-refractivity contribution in [3.05, 3.63) is 89.7 Å². The number of aromatic nitrogens is 3. The number of hydrogen-bond acceptors (Lipinski definition) is 9. The lowest BCUT2D eigenvalue weighted by atomic mass is 10.1. The molecule has 3 aromatic carbocycles. The largest absolute Gasteiger partial charge is 0.573 e. The number of aryl methyl sites for hydroxylation is 2. The Balaban J connectivity index is 1.41. The molecule has 0 aliphatic carbocycles. The number of nitrogens with one attached hydrogen (secondary N) is 1. The quantitative estimate of drug-likeness (QED) is 0.0677. The number of para-hydroxylation sites is 1. The van der Waals surface area contributed by atoms with E-state index in [1.807, 2.05) is 56.3 Å². The van der Waals surface area contributed by atoms with Crippen molar-refractivity contribution >= 4 is 35.0 Å². The summed E-state index contributed by atoms with van der Waals surface area (Å²) in [4.78, 5) is 20.8. The molecule has 0 aliphatic heterocycles. The Morgan fingerprint density at radius 2 is 1.73 bits per heavy atom. The van der Waals surface area contributed by atoms with Crippen molar-refractivity contribution in [3.63, 3.8) is 0 Å². The number of halogens is 3. The van der Waals surface area contributed by atoms with Gasteiger partial charge in [-0.2, -0.15) is 5.10 Å². The molecule has 1 N–H and O–H groups in total. The highest BCUT2D eigenvalue weighted by atomic mass is 32.2. The van der Waals surface area contributed by atoms with Gasteiger partial charge in [0.1, 0.15) is 18.0 Å². The maximum atomic E-state index is 12.4. The van der Waals surface area contributed by atoms with E-state index in [1.54, 1.807) is 20.1 Å². The summed E-state index contributed by atoms with van der Waals surface area (Å²) in [6, 6.07) is 18.5. The minimum Gasteiger partial charge on any atom is -0.432 e. The number of aliphatic imine (C=N–C) groups is 1. The smallest absolute Gasteiger partial charge is 0.432 e. The molecule has 4 rings (SSSR count). The number of alkyl halides is 3. The molecular formula is C30H29F3N6O4S. The SMILES string of the molecule is Cc1cccc(C)c1/N=C(/N/N=C/c1ccc(-c2ncn(-c3ccc(OC(F)(F)F)cc3)n2)cc1)SCOC(=O)OC(C)C. The van der Waals surface area contributed by atoms with Crippen LogP contribution in [0.5, 0.6) is 5.75 Å². The maximum absolute atomic E-state index is 12.4. The molecule has 10 nitrogen and oxygen atoms in total. The summed E-state index contributed by atoms with van der Waals surface area (Å²) < 4.78 is 52.7. The Morgan fingerprint density at radius 3 is 2.36 bits per heavy atom. The number of ether oxygens (including phenoxy) is 3. The Kier molecular flexibility index (Phi) is 10.6. The van der Waals surface area contributed by atoms with Gasteiger partial charge in [0.25, 0.3) is 0 Å². The van der Waals surface area contributed by atoms with E-state index in [1.165, 1.54) is 35.3 Å². The Bertz CT molecular complexity index is 1600. The average Bonchev–Trinajstić information content (AvgIpc) is 3.45. The highest BCUT2D eigenvalue weighted by Gasteiger charge is 2.31. The van der Waals surface area contributed by atoms with Gasteiger partial charge in [-0.25, -0.2) is 19.5 Å². The predicted molar refractivity (Wildman–Crippen MR) is 162 cm³/mol. The third-order valence-electron chi connectivity index (χ3n) is 5.73. The van der Waals surface area contributed by atoms with Crippen LogP contribution in [-0.2, 0) is 9.47 Å². The third kappa shape index (κ3) is 9.59. The zero-order valence-corrected chi connectivity index (χ0v) is 25.0. The molecule has 0 spiro atoms. The second kappa shape index (κ2) is 14.6. The monoisotopic (exact) mass is 626 g/mol. The molecular weight excluding hydrogens is 597 g/mol. The van der Waals surface area contributed by atoms with Crippen LogP contribution in [0.25, 0.3) is 17.1 Å². The van der Waals surface area contributed by atoms with Crippen LogP contribution in [-0.4, -0.2) is 50.7 Å². The van der Waals surface area contributed by atoms with E-state index in [4.69, 9.17) is 14.5 Å². The number of amidine groups is 1. The van der Waals surface area contributed by atoms with Crippen LogP contribution in [0.15, 0.2) is 83.2 Å². The van der Waals surface area contributed by atoms with Crippen molar-refractivity contribution in [1.82, 2.24) is 20.2 Å². The fraction of sp³-hybridized carbons (Fsp3) is 0.233. The van der Waals surface area contributed by atoms with Crippen molar-refractivity contribution in [2.24, 2.45) is 10.1 Å². The van der Waals surface area contributed by atoms with Gasteiger partial charge < -0.3 is 14.2 Å². The number of rotatable bonds is 9. The standard InChI is InChI=1S/C30H29F3N6O4S/c1-19(2)42-29(40)41-18-44-28(36-26-20(3)6-5-7-21(26)4)37-35-16-22-8-10-23(11-9-22)27-34-17-39(38-27)24-12-14-25(15-13-24)43-30(31,32)33/h5-17,19H,18H2,1-4H3,(H,36,37)/b35-16+.